The average Bonchev–Trinajstić information content (AvgIpc) is 2.81. The Labute approximate surface area is 218 Å². The van der Waals surface area contributed by atoms with Crippen LogP contribution in [0.3, 0.4) is 0 Å². The van der Waals surface area contributed by atoms with E-state index in [9.17, 15) is 22.8 Å². The molecule has 4 rings (SSSR count). The number of aromatic nitrogens is 4. The van der Waals surface area contributed by atoms with Crippen LogP contribution in [0.5, 0.6) is 0 Å². The van der Waals surface area contributed by atoms with Crippen molar-refractivity contribution >= 4 is 52.3 Å². The molecule has 0 fully saturated rings. The lowest BCUT2D eigenvalue weighted by Gasteiger charge is -2.14. The van der Waals surface area contributed by atoms with Crippen molar-refractivity contribution in [1.29, 1.82) is 0 Å². The van der Waals surface area contributed by atoms with Crippen molar-refractivity contribution in [2.75, 3.05) is 21.3 Å². The van der Waals surface area contributed by atoms with E-state index in [0.717, 1.165) is 17.7 Å². The van der Waals surface area contributed by atoms with Crippen LogP contribution in [0.15, 0.2) is 59.5 Å². The molecule has 2 heterocycles. The first-order valence-corrected chi connectivity index (χ1v) is 11.3. The molecule has 4 aromatic rings. The van der Waals surface area contributed by atoms with Crippen LogP contribution in [0.25, 0.3) is 0 Å². The minimum Gasteiger partial charge on any atom is -0.329 e. The first-order chi connectivity index (χ1) is 18.0. The van der Waals surface area contributed by atoms with Crippen LogP contribution in [-0.2, 0) is 6.18 Å². The summed E-state index contributed by atoms with van der Waals surface area (Å²) in [5, 5.41) is 10.5. The van der Waals surface area contributed by atoms with Crippen molar-refractivity contribution < 1.29 is 18.0 Å². The number of urea groups is 1. The van der Waals surface area contributed by atoms with Gasteiger partial charge >= 0.3 is 12.2 Å². The predicted molar refractivity (Wildman–Crippen MR) is 138 cm³/mol. The van der Waals surface area contributed by atoms with Crippen molar-refractivity contribution in [3.8, 4) is 0 Å². The molecule has 38 heavy (non-hydrogen) atoms. The molecule has 0 saturated heterocycles. The van der Waals surface area contributed by atoms with E-state index < -0.39 is 22.8 Å². The molecule has 0 aliphatic heterocycles. The van der Waals surface area contributed by atoms with Gasteiger partial charge in [0.15, 0.2) is 0 Å². The fourth-order valence-electron chi connectivity index (χ4n) is 3.31. The third-order valence-corrected chi connectivity index (χ3v) is 5.38. The Morgan fingerprint density at radius 2 is 1.53 bits per heavy atom. The van der Waals surface area contributed by atoms with E-state index in [1.807, 2.05) is 6.92 Å². The number of amides is 2. The summed E-state index contributed by atoms with van der Waals surface area (Å²) in [5.74, 6) is 0.816. The molecule has 10 nitrogen and oxygen atoms in total. The third-order valence-electron chi connectivity index (χ3n) is 5.05. The van der Waals surface area contributed by atoms with Crippen molar-refractivity contribution in [1.82, 2.24) is 19.9 Å². The lowest BCUT2D eigenvalue weighted by molar-refractivity contribution is -0.137. The van der Waals surface area contributed by atoms with Gasteiger partial charge in [-0.1, -0.05) is 17.7 Å². The zero-order valence-corrected chi connectivity index (χ0v) is 20.6. The molecule has 196 valence electrons. The summed E-state index contributed by atoms with van der Waals surface area (Å²) in [4.78, 5) is 39.3. The number of nitrogens with zero attached hydrogens (tertiary/aromatic N) is 3. The Hall–Kier alpha value is -4.65. The SMILES string of the molecule is Cc1nc(Nc2cc[nH]c(=O)c2)nc(Nc2cc(NC(=O)Nc3ccc(Cl)c(C(F)(F)F)c3)ccc2C)n1. The molecule has 14 heteroatoms. The number of halogens is 4. The van der Waals surface area contributed by atoms with Crippen molar-refractivity contribution in [2.24, 2.45) is 0 Å². The molecule has 0 aliphatic carbocycles. The van der Waals surface area contributed by atoms with Gasteiger partial charge in [0, 0.05) is 35.0 Å². The Kier molecular flexibility index (Phi) is 7.48. The maximum Gasteiger partial charge on any atom is 0.417 e. The second-order valence-corrected chi connectivity index (χ2v) is 8.43. The number of pyridine rings is 1. The smallest absolute Gasteiger partial charge is 0.329 e. The number of aromatic amines is 1. The fraction of sp³-hybridized carbons (Fsp3) is 0.125. The van der Waals surface area contributed by atoms with Crippen molar-refractivity contribution in [3.05, 3.63) is 87.1 Å². The van der Waals surface area contributed by atoms with E-state index in [0.29, 0.717) is 22.9 Å². The first kappa shape index (κ1) is 26.4. The van der Waals surface area contributed by atoms with Gasteiger partial charge in [-0.05, 0) is 55.8 Å². The quantitative estimate of drug-likeness (QED) is 0.201. The Bertz CT molecular complexity index is 1560. The van der Waals surface area contributed by atoms with Gasteiger partial charge in [0.1, 0.15) is 5.82 Å². The maximum absolute atomic E-state index is 13.1. The number of nitrogens with one attached hydrogen (secondary N) is 5. The van der Waals surface area contributed by atoms with E-state index in [-0.39, 0.29) is 23.1 Å². The van der Waals surface area contributed by atoms with Gasteiger partial charge < -0.3 is 26.3 Å². The molecule has 0 atom stereocenters. The highest BCUT2D eigenvalue weighted by molar-refractivity contribution is 6.31. The monoisotopic (exact) mass is 544 g/mol. The molecule has 2 amide bonds. The fourth-order valence-corrected chi connectivity index (χ4v) is 3.54. The van der Waals surface area contributed by atoms with Crippen LogP contribution >= 0.6 is 11.6 Å². The second-order valence-electron chi connectivity index (χ2n) is 8.02. The normalized spacial score (nSPS) is 11.1. The minimum absolute atomic E-state index is 0.0780. The summed E-state index contributed by atoms with van der Waals surface area (Å²) in [6.45, 7) is 3.49. The molecular formula is C24H20ClF3N8O2. The number of H-pyrrole nitrogens is 1. The molecule has 2 aromatic carbocycles. The van der Waals surface area contributed by atoms with Crippen LogP contribution < -0.4 is 26.8 Å². The van der Waals surface area contributed by atoms with Crippen LogP contribution in [0.1, 0.15) is 17.0 Å². The van der Waals surface area contributed by atoms with Gasteiger partial charge in [-0.25, -0.2) is 4.79 Å². The lowest BCUT2D eigenvalue weighted by Crippen LogP contribution is -2.20. The van der Waals surface area contributed by atoms with E-state index in [1.165, 1.54) is 18.3 Å². The molecule has 0 unspecified atom stereocenters. The topological polar surface area (TPSA) is 137 Å². The molecular weight excluding hydrogens is 525 g/mol. The van der Waals surface area contributed by atoms with E-state index in [4.69, 9.17) is 11.6 Å². The highest BCUT2D eigenvalue weighted by Gasteiger charge is 2.33. The largest absolute Gasteiger partial charge is 0.417 e. The summed E-state index contributed by atoms with van der Waals surface area (Å²) in [6, 6.07) is 10.3. The summed E-state index contributed by atoms with van der Waals surface area (Å²) in [7, 11) is 0. The van der Waals surface area contributed by atoms with Gasteiger partial charge in [0.25, 0.3) is 0 Å². The van der Waals surface area contributed by atoms with Crippen LogP contribution in [0, 0.1) is 13.8 Å². The number of benzene rings is 2. The molecule has 0 radical (unpaired) electrons. The van der Waals surface area contributed by atoms with Gasteiger partial charge in [-0.2, -0.15) is 28.1 Å². The Balaban J connectivity index is 1.48. The standard InChI is InChI=1S/C24H20ClF3N8O2/c1-12-3-4-15(34-23(38)33-14-5-6-18(25)17(9-14)24(26,27)28)10-19(12)35-22-31-13(2)30-21(36-22)32-16-7-8-29-20(37)11-16/h3-11H,1-2H3,(H2,33,34,38)(H3,29,30,31,32,35,36,37). The predicted octanol–water partition coefficient (Wildman–Crippen LogP) is 5.98. The first-order valence-electron chi connectivity index (χ1n) is 11.0. The number of carbonyl (C=O) groups excluding carboxylic acids is 1. The highest BCUT2D eigenvalue weighted by Crippen LogP contribution is 2.36. The molecule has 5 N–H and O–H groups in total. The van der Waals surface area contributed by atoms with Crippen molar-refractivity contribution in [3.63, 3.8) is 0 Å². The molecule has 0 saturated carbocycles. The maximum atomic E-state index is 13.1. The number of anilines is 6. The number of alkyl halides is 3. The zero-order valence-electron chi connectivity index (χ0n) is 19.9. The van der Waals surface area contributed by atoms with Crippen LogP contribution in [-0.4, -0.2) is 26.0 Å². The summed E-state index contributed by atoms with van der Waals surface area (Å²) in [6.07, 6.45) is -3.18. The van der Waals surface area contributed by atoms with Gasteiger partial charge in [0.05, 0.1) is 10.6 Å². The Morgan fingerprint density at radius 3 is 2.21 bits per heavy atom. The lowest BCUT2D eigenvalue weighted by atomic mass is 10.2. The Morgan fingerprint density at radius 1 is 0.868 bits per heavy atom. The molecule has 2 aromatic heterocycles. The number of aryl methyl sites for hydroxylation is 2. The van der Waals surface area contributed by atoms with E-state index >= 15 is 0 Å². The van der Waals surface area contributed by atoms with Gasteiger partial charge in [-0.15, -0.1) is 0 Å². The minimum atomic E-state index is -4.66. The van der Waals surface area contributed by atoms with Crippen molar-refractivity contribution in [2.45, 2.75) is 20.0 Å². The third kappa shape index (κ3) is 6.76. The average molecular weight is 545 g/mol. The number of hydrogen-bond donors (Lipinski definition) is 5. The highest BCUT2D eigenvalue weighted by atomic mass is 35.5. The molecule has 0 bridgehead atoms. The van der Waals surface area contributed by atoms with Crippen LogP contribution in [0.4, 0.5) is 52.6 Å². The summed E-state index contributed by atoms with van der Waals surface area (Å²) >= 11 is 5.62. The summed E-state index contributed by atoms with van der Waals surface area (Å²) < 4.78 is 39.3. The van der Waals surface area contributed by atoms with Crippen LogP contribution in [0.2, 0.25) is 5.02 Å². The van der Waals surface area contributed by atoms with E-state index in [1.54, 1.807) is 31.2 Å². The zero-order chi connectivity index (χ0) is 27.4. The molecule has 0 spiro atoms. The summed E-state index contributed by atoms with van der Waals surface area (Å²) in [5.41, 5.74) is 0.770. The van der Waals surface area contributed by atoms with Gasteiger partial charge in [0.2, 0.25) is 17.5 Å². The number of carbonyl (C=O) groups is 1. The number of hydrogen-bond acceptors (Lipinski definition) is 7. The van der Waals surface area contributed by atoms with E-state index in [2.05, 4.69) is 41.2 Å². The number of rotatable bonds is 6. The molecule has 0 aliphatic rings. The second kappa shape index (κ2) is 10.8. The van der Waals surface area contributed by atoms with Gasteiger partial charge in [-0.3, -0.25) is 4.79 Å².